The average molecular weight is 332 g/mol. The molecular formula is C11H7ClFN3O4S. The molecule has 7 nitrogen and oxygen atoms in total. The Balaban J connectivity index is 2.35. The number of carboxylic acids is 1. The first-order valence-corrected chi connectivity index (χ1v) is 7.20. The van der Waals surface area contributed by atoms with Crippen molar-refractivity contribution in [2.75, 3.05) is 4.72 Å². The predicted molar refractivity (Wildman–Crippen MR) is 71.2 cm³/mol. The Morgan fingerprint density at radius 3 is 2.48 bits per heavy atom. The van der Waals surface area contributed by atoms with Gasteiger partial charge in [0.15, 0.2) is 11.0 Å². The first-order chi connectivity index (χ1) is 9.79. The number of carboxylic acid groups (broad SMARTS) is 1. The standard InChI is InChI=1S/C11H7ClFN3O4S/c12-9-3-4-10(15-14-9)16-21(19,20)8-2-1-6(11(17)18)5-7(8)13/h1-5H,(H,15,16)(H,17,18). The zero-order valence-corrected chi connectivity index (χ0v) is 11.7. The highest BCUT2D eigenvalue weighted by Gasteiger charge is 2.21. The van der Waals surface area contributed by atoms with Crippen LogP contribution in [-0.2, 0) is 10.0 Å². The van der Waals surface area contributed by atoms with Crippen molar-refractivity contribution in [2.45, 2.75) is 4.90 Å². The molecule has 0 bridgehead atoms. The van der Waals surface area contributed by atoms with Crippen LogP contribution in [0.1, 0.15) is 10.4 Å². The highest BCUT2D eigenvalue weighted by Crippen LogP contribution is 2.19. The van der Waals surface area contributed by atoms with Crippen LogP contribution in [0.15, 0.2) is 35.2 Å². The second-order valence-electron chi connectivity index (χ2n) is 3.80. The van der Waals surface area contributed by atoms with E-state index in [1.165, 1.54) is 12.1 Å². The molecule has 1 heterocycles. The summed E-state index contributed by atoms with van der Waals surface area (Å²) in [4.78, 5) is 9.97. The van der Waals surface area contributed by atoms with Crippen LogP contribution in [0.5, 0.6) is 0 Å². The molecule has 0 saturated carbocycles. The van der Waals surface area contributed by atoms with Crippen molar-refractivity contribution in [1.82, 2.24) is 10.2 Å². The number of anilines is 1. The lowest BCUT2D eigenvalue weighted by molar-refractivity contribution is 0.0696. The second kappa shape index (κ2) is 5.62. The maximum absolute atomic E-state index is 13.7. The summed E-state index contributed by atoms with van der Waals surface area (Å²) in [6, 6.07) is 5.00. The molecule has 2 rings (SSSR count). The lowest BCUT2D eigenvalue weighted by atomic mass is 10.2. The van der Waals surface area contributed by atoms with E-state index in [0.717, 1.165) is 12.1 Å². The van der Waals surface area contributed by atoms with Crippen molar-refractivity contribution in [2.24, 2.45) is 0 Å². The zero-order valence-electron chi connectivity index (χ0n) is 10.1. The topological polar surface area (TPSA) is 109 Å². The molecule has 0 aliphatic rings. The highest BCUT2D eigenvalue weighted by atomic mass is 35.5. The van der Waals surface area contributed by atoms with E-state index in [2.05, 4.69) is 10.2 Å². The third-order valence-corrected chi connectivity index (χ3v) is 3.93. The fraction of sp³-hybridized carbons (Fsp3) is 0. The number of halogens is 2. The molecule has 0 radical (unpaired) electrons. The molecule has 1 aromatic heterocycles. The van der Waals surface area contributed by atoms with E-state index in [1.807, 2.05) is 4.72 Å². The summed E-state index contributed by atoms with van der Waals surface area (Å²) in [7, 11) is -4.26. The number of hydrogen-bond donors (Lipinski definition) is 2. The fourth-order valence-electron chi connectivity index (χ4n) is 1.41. The minimum absolute atomic E-state index is 0.0648. The Hall–Kier alpha value is -2.26. The molecule has 0 unspecified atom stereocenters. The molecule has 0 saturated heterocycles. The second-order valence-corrected chi connectivity index (χ2v) is 5.84. The number of carbonyl (C=O) groups is 1. The minimum atomic E-state index is -4.26. The minimum Gasteiger partial charge on any atom is -0.478 e. The highest BCUT2D eigenvalue weighted by molar-refractivity contribution is 7.92. The van der Waals surface area contributed by atoms with E-state index in [1.54, 1.807) is 0 Å². The Bertz CT molecular complexity index is 796. The van der Waals surface area contributed by atoms with Crippen LogP contribution in [0.2, 0.25) is 5.15 Å². The number of hydrogen-bond acceptors (Lipinski definition) is 5. The van der Waals surface area contributed by atoms with Gasteiger partial charge in [0.05, 0.1) is 5.56 Å². The third-order valence-electron chi connectivity index (χ3n) is 2.34. The fourth-order valence-corrected chi connectivity index (χ4v) is 2.57. The van der Waals surface area contributed by atoms with E-state index >= 15 is 0 Å². The van der Waals surface area contributed by atoms with Crippen molar-refractivity contribution in [3.05, 3.63) is 46.9 Å². The van der Waals surface area contributed by atoms with Gasteiger partial charge in [0, 0.05) is 0 Å². The number of benzene rings is 1. The quantitative estimate of drug-likeness (QED) is 0.883. The molecule has 2 N–H and O–H groups in total. The molecule has 0 aliphatic heterocycles. The van der Waals surface area contributed by atoms with Gasteiger partial charge in [-0.15, -0.1) is 10.2 Å². The van der Waals surface area contributed by atoms with Gasteiger partial charge in [-0.2, -0.15) is 0 Å². The molecular weight excluding hydrogens is 325 g/mol. The van der Waals surface area contributed by atoms with Gasteiger partial charge < -0.3 is 5.11 Å². The van der Waals surface area contributed by atoms with Gasteiger partial charge in [-0.3, -0.25) is 4.72 Å². The van der Waals surface area contributed by atoms with Gasteiger partial charge >= 0.3 is 5.97 Å². The van der Waals surface area contributed by atoms with Crippen LogP contribution in [0.4, 0.5) is 10.2 Å². The molecule has 0 atom stereocenters. The largest absolute Gasteiger partial charge is 0.478 e. The summed E-state index contributed by atoms with van der Waals surface area (Å²) in [5.41, 5.74) is -0.363. The number of nitrogens with one attached hydrogen (secondary N) is 1. The maximum Gasteiger partial charge on any atom is 0.335 e. The van der Waals surface area contributed by atoms with Crippen molar-refractivity contribution in [3.63, 3.8) is 0 Å². The number of aromatic nitrogens is 2. The van der Waals surface area contributed by atoms with Gasteiger partial charge in [-0.05, 0) is 30.3 Å². The summed E-state index contributed by atoms with van der Waals surface area (Å²) in [6.07, 6.45) is 0. The first-order valence-electron chi connectivity index (χ1n) is 5.34. The Morgan fingerprint density at radius 1 is 1.24 bits per heavy atom. The van der Waals surface area contributed by atoms with Gasteiger partial charge in [0.2, 0.25) is 0 Å². The van der Waals surface area contributed by atoms with Crippen LogP contribution < -0.4 is 4.72 Å². The lowest BCUT2D eigenvalue weighted by Gasteiger charge is -2.08. The molecule has 10 heteroatoms. The monoisotopic (exact) mass is 331 g/mol. The van der Waals surface area contributed by atoms with Crippen molar-refractivity contribution in [1.29, 1.82) is 0 Å². The van der Waals surface area contributed by atoms with Crippen molar-refractivity contribution >= 4 is 33.4 Å². The summed E-state index contributed by atoms with van der Waals surface area (Å²) in [5.74, 6) is -2.71. The van der Waals surface area contributed by atoms with Crippen LogP contribution >= 0.6 is 11.6 Å². The van der Waals surface area contributed by atoms with Gasteiger partial charge in [-0.1, -0.05) is 11.6 Å². The van der Waals surface area contributed by atoms with Crippen molar-refractivity contribution in [3.8, 4) is 0 Å². The number of sulfonamides is 1. The normalized spacial score (nSPS) is 11.1. The number of aromatic carboxylic acids is 1. The number of nitrogens with zero attached hydrogens (tertiary/aromatic N) is 2. The lowest BCUT2D eigenvalue weighted by Crippen LogP contribution is -2.16. The van der Waals surface area contributed by atoms with Gasteiger partial charge in [0.25, 0.3) is 10.0 Å². The molecule has 2 aromatic rings. The smallest absolute Gasteiger partial charge is 0.335 e. The summed E-state index contributed by atoms with van der Waals surface area (Å²) >= 11 is 5.51. The molecule has 0 fully saturated rings. The van der Waals surface area contributed by atoms with Crippen LogP contribution in [0, 0.1) is 5.82 Å². The van der Waals surface area contributed by atoms with Gasteiger partial charge in [-0.25, -0.2) is 17.6 Å². The maximum atomic E-state index is 13.7. The SMILES string of the molecule is O=C(O)c1ccc(S(=O)(=O)Nc2ccc(Cl)nn2)c(F)c1. The first kappa shape index (κ1) is 15.1. The van der Waals surface area contributed by atoms with Gasteiger partial charge in [0.1, 0.15) is 10.7 Å². The molecule has 0 aliphatic carbocycles. The number of rotatable bonds is 4. The van der Waals surface area contributed by atoms with E-state index in [9.17, 15) is 17.6 Å². The summed E-state index contributed by atoms with van der Waals surface area (Å²) < 4.78 is 39.7. The van der Waals surface area contributed by atoms with E-state index in [4.69, 9.17) is 16.7 Å². The van der Waals surface area contributed by atoms with Crippen LogP contribution in [-0.4, -0.2) is 29.7 Å². The van der Waals surface area contributed by atoms with E-state index < -0.39 is 26.7 Å². The van der Waals surface area contributed by atoms with Crippen LogP contribution in [0.3, 0.4) is 0 Å². The predicted octanol–water partition coefficient (Wildman–Crippen LogP) is 1.77. The summed E-state index contributed by atoms with van der Waals surface area (Å²) in [5, 5.41) is 15.7. The molecule has 0 spiro atoms. The van der Waals surface area contributed by atoms with Crippen molar-refractivity contribution < 1.29 is 22.7 Å². The Labute approximate surface area is 123 Å². The molecule has 110 valence electrons. The molecule has 0 amide bonds. The van der Waals surface area contributed by atoms with E-state index in [0.29, 0.717) is 6.07 Å². The zero-order chi connectivity index (χ0) is 15.6. The molecule has 21 heavy (non-hydrogen) atoms. The third kappa shape index (κ3) is 3.44. The Morgan fingerprint density at radius 2 is 1.95 bits per heavy atom. The van der Waals surface area contributed by atoms with Crippen LogP contribution in [0.25, 0.3) is 0 Å². The average Bonchev–Trinajstić information content (AvgIpc) is 2.40. The molecule has 1 aromatic carbocycles. The van der Waals surface area contributed by atoms with E-state index in [-0.39, 0.29) is 16.5 Å². The summed E-state index contributed by atoms with van der Waals surface area (Å²) in [6.45, 7) is 0. The Kier molecular flexibility index (Phi) is 4.05.